The van der Waals surface area contributed by atoms with Gasteiger partial charge in [0.2, 0.25) is 0 Å². The highest BCUT2D eigenvalue weighted by atomic mass is 35.5. The average molecular weight is 311 g/mol. The number of hydrogen-bond donors (Lipinski definition) is 2. The predicted octanol–water partition coefficient (Wildman–Crippen LogP) is 3.21. The van der Waals surface area contributed by atoms with Crippen molar-refractivity contribution < 1.29 is 9.90 Å². The number of aliphatic hydroxyl groups excluding tert-OH is 1. The number of likely N-dealkylation sites (N-methyl/N-ethyl adjacent to an activating group) is 1. The van der Waals surface area contributed by atoms with Crippen LogP contribution in [0.25, 0.3) is 0 Å². The first-order valence-corrected chi connectivity index (χ1v) is 7.87. The van der Waals surface area contributed by atoms with Crippen LogP contribution in [0.4, 0.5) is 4.79 Å². The van der Waals surface area contributed by atoms with Crippen molar-refractivity contribution in [3.05, 3.63) is 34.9 Å². The standard InChI is InChI=1S/C16H23ClN2O2/c1-19(9-10-20)16(21)18-15(12-5-2-3-6-12)13-7-4-8-14(17)11-13/h4,7-8,11-12,15,20H,2-3,5-6,9-10H2,1H3,(H,18,21). The molecular formula is C16H23ClN2O2. The second kappa shape index (κ2) is 7.66. The summed E-state index contributed by atoms with van der Waals surface area (Å²) in [5, 5.41) is 12.7. The molecule has 1 atom stereocenters. The summed E-state index contributed by atoms with van der Waals surface area (Å²) in [4.78, 5) is 13.7. The molecule has 1 fully saturated rings. The summed E-state index contributed by atoms with van der Waals surface area (Å²) < 4.78 is 0. The molecule has 0 heterocycles. The molecule has 4 nitrogen and oxygen atoms in total. The molecule has 1 aromatic rings. The quantitative estimate of drug-likeness (QED) is 0.877. The van der Waals surface area contributed by atoms with Crippen molar-refractivity contribution in [2.24, 2.45) is 5.92 Å². The monoisotopic (exact) mass is 310 g/mol. The molecule has 1 aromatic carbocycles. The van der Waals surface area contributed by atoms with Gasteiger partial charge >= 0.3 is 6.03 Å². The molecule has 21 heavy (non-hydrogen) atoms. The molecule has 1 aliphatic rings. The molecule has 2 amide bonds. The van der Waals surface area contributed by atoms with Gasteiger partial charge in [0, 0.05) is 18.6 Å². The van der Waals surface area contributed by atoms with Crippen molar-refractivity contribution in [3.8, 4) is 0 Å². The molecule has 116 valence electrons. The molecule has 0 aromatic heterocycles. The van der Waals surface area contributed by atoms with Gasteiger partial charge in [0.05, 0.1) is 12.6 Å². The Morgan fingerprint density at radius 3 is 2.81 bits per heavy atom. The molecule has 2 N–H and O–H groups in total. The number of carbonyl (C=O) groups is 1. The zero-order chi connectivity index (χ0) is 15.2. The van der Waals surface area contributed by atoms with E-state index in [1.807, 2.05) is 24.3 Å². The van der Waals surface area contributed by atoms with Crippen LogP contribution in [0.1, 0.15) is 37.3 Å². The predicted molar refractivity (Wildman–Crippen MR) is 84.4 cm³/mol. The van der Waals surface area contributed by atoms with Crippen molar-refractivity contribution in [2.75, 3.05) is 20.2 Å². The summed E-state index contributed by atoms with van der Waals surface area (Å²) in [5.74, 6) is 0.454. The zero-order valence-corrected chi connectivity index (χ0v) is 13.1. The first-order valence-electron chi connectivity index (χ1n) is 7.49. The van der Waals surface area contributed by atoms with Gasteiger partial charge in [-0.25, -0.2) is 4.79 Å². The fourth-order valence-corrected chi connectivity index (χ4v) is 3.16. The Balaban J connectivity index is 2.14. The van der Waals surface area contributed by atoms with E-state index in [9.17, 15) is 4.79 Å². The maximum atomic E-state index is 12.2. The van der Waals surface area contributed by atoms with Crippen LogP contribution < -0.4 is 5.32 Å². The Labute approximate surface area is 131 Å². The van der Waals surface area contributed by atoms with Gasteiger partial charge in [-0.05, 0) is 36.5 Å². The number of amides is 2. The Morgan fingerprint density at radius 2 is 2.19 bits per heavy atom. The highest BCUT2D eigenvalue weighted by molar-refractivity contribution is 6.30. The summed E-state index contributed by atoms with van der Waals surface area (Å²) in [7, 11) is 1.69. The third-order valence-corrected chi connectivity index (χ3v) is 4.38. The minimum atomic E-state index is -0.152. The van der Waals surface area contributed by atoms with E-state index < -0.39 is 0 Å². The fourth-order valence-electron chi connectivity index (χ4n) is 2.96. The van der Waals surface area contributed by atoms with Crippen LogP contribution in [0.5, 0.6) is 0 Å². The summed E-state index contributed by atoms with van der Waals surface area (Å²) in [6.45, 7) is 0.300. The number of halogens is 1. The van der Waals surface area contributed by atoms with Crippen LogP contribution in [0.3, 0.4) is 0 Å². The second-order valence-corrected chi connectivity index (χ2v) is 6.11. The molecule has 0 bridgehead atoms. The van der Waals surface area contributed by atoms with Gasteiger partial charge in [-0.1, -0.05) is 36.6 Å². The number of urea groups is 1. The third kappa shape index (κ3) is 4.35. The molecule has 1 unspecified atom stereocenters. The number of aliphatic hydroxyl groups is 1. The Bertz CT molecular complexity index is 475. The highest BCUT2D eigenvalue weighted by Gasteiger charge is 2.28. The van der Waals surface area contributed by atoms with Gasteiger partial charge in [0.25, 0.3) is 0 Å². The Kier molecular flexibility index (Phi) is 5.88. The van der Waals surface area contributed by atoms with Gasteiger partial charge in [0.15, 0.2) is 0 Å². The van der Waals surface area contributed by atoms with E-state index in [4.69, 9.17) is 16.7 Å². The van der Waals surface area contributed by atoms with Crippen LogP contribution in [0.15, 0.2) is 24.3 Å². The van der Waals surface area contributed by atoms with Crippen LogP contribution in [0, 0.1) is 5.92 Å². The summed E-state index contributed by atoms with van der Waals surface area (Å²) in [6.07, 6.45) is 4.68. The first kappa shape index (κ1) is 16.1. The lowest BCUT2D eigenvalue weighted by Crippen LogP contribution is -2.42. The SMILES string of the molecule is CN(CCO)C(=O)NC(c1cccc(Cl)c1)C1CCCC1. The first-order chi connectivity index (χ1) is 10.1. The minimum Gasteiger partial charge on any atom is -0.395 e. The molecule has 5 heteroatoms. The van der Waals surface area contributed by atoms with E-state index in [1.165, 1.54) is 17.7 Å². The van der Waals surface area contributed by atoms with Crippen LogP contribution in [-0.4, -0.2) is 36.2 Å². The van der Waals surface area contributed by atoms with Gasteiger partial charge in [-0.2, -0.15) is 0 Å². The fraction of sp³-hybridized carbons (Fsp3) is 0.562. The maximum absolute atomic E-state index is 12.2. The summed E-state index contributed by atoms with van der Waals surface area (Å²) >= 11 is 6.09. The molecule has 1 aliphatic carbocycles. The van der Waals surface area contributed by atoms with Crippen LogP contribution in [-0.2, 0) is 0 Å². The second-order valence-electron chi connectivity index (χ2n) is 5.67. The number of benzene rings is 1. The summed E-state index contributed by atoms with van der Waals surface area (Å²) in [6, 6.07) is 7.54. The van der Waals surface area contributed by atoms with Gasteiger partial charge in [-0.3, -0.25) is 0 Å². The topological polar surface area (TPSA) is 52.6 Å². The van der Waals surface area contributed by atoms with Crippen molar-refractivity contribution in [1.29, 1.82) is 0 Å². The number of nitrogens with one attached hydrogen (secondary N) is 1. The molecular weight excluding hydrogens is 288 g/mol. The van der Waals surface area contributed by atoms with Gasteiger partial charge in [-0.15, -0.1) is 0 Å². The molecule has 0 radical (unpaired) electrons. The highest BCUT2D eigenvalue weighted by Crippen LogP contribution is 2.36. The molecule has 0 saturated heterocycles. The largest absolute Gasteiger partial charge is 0.395 e. The van der Waals surface area contributed by atoms with E-state index in [0.717, 1.165) is 18.4 Å². The van der Waals surface area contributed by atoms with Crippen LogP contribution >= 0.6 is 11.6 Å². The molecule has 0 aliphatic heterocycles. The van der Waals surface area contributed by atoms with E-state index in [0.29, 0.717) is 17.5 Å². The normalized spacial score (nSPS) is 16.7. The summed E-state index contributed by atoms with van der Waals surface area (Å²) in [5.41, 5.74) is 1.06. The van der Waals surface area contributed by atoms with E-state index in [2.05, 4.69) is 5.32 Å². The molecule has 0 spiro atoms. The average Bonchev–Trinajstić information content (AvgIpc) is 2.98. The van der Waals surface area contributed by atoms with Crippen molar-refractivity contribution in [2.45, 2.75) is 31.7 Å². The lowest BCUT2D eigenvalue weighted by atomic mass is 9.92. The van der Waals surface area contributed by atoms with E-state index >= 15 is 0 Å². The number of hydrogen-bond acceptors (Lipinski definition) is 2. The van der Waals surface area contributed by atoms with E-state index in [-0.39, 0.29) is 18.7 Å². The van der Waals surface area contributed by atoms with Gasteiger partial charge < -0.3 is 15.3 Å². The minimum absolute atomic E-state index is 0.0140. The Hall–Kier alpha value is -1.26. The van der Waals surface area contributed by atoms with Crippen molar-refractivity contribution in [3.63, 3.8) is 0 Å². The smallest absolute Gasteiger partial charge is 0.317 e. The lowest BCUT2D eigenvalue weighted by molar-refractivity contribution is 0.183. The number of rotatable bonds is 5. The number of carbonyl (C=O) groups excluding carboxylic acids is 1. The van der Waals surface area contributed by atoms with Crippen molar-refractivity contribution in [1.82, 2.24) is 10.2 Å². The lowest BCUT2D eigenvalue weighted by Gasteiger charge is -2.28. The van der Waals surface area contributed by atoms with Crippen LogP contribution in [0.2, 0.25) is 5.02 Å². The third-order valence-electron chi connectivity index (χ3n) is 4.14. The molecule has 2 rings (SSSR count). The van der Waals surface area contributed by atoms with E-state index in [1.54, 1.807) is 7.05 Å². The maximum Gasteiger partial charge on any atom is 0.317 e. The zero-order valence-electron chi connectivity index (χ0n) is 12.4. The van der Waals surface area contributed by atoms with Crippen molar-refractivity contribution >= 4 is 17.6 Å². The number of nitrogens with zero attached hydrogens (tertiary/aromatic N) is 1. The van der Waals surface area contributed by atoms with Gasteiger partial charge in [0.1, 0.15) is 0 Å². The Morgan fingerprint density at radius 1 is 1.48 bits per heavy atom. The molecule has 1 saturated carbocycles.